The van der Waals surface area contributed by atoms with E-state index in [9.17, 15) is 9.59 Å². The van der Waals surface area contributed by atoms with E-state index in [0.717, 1.165) is 25.7 Å². The van der Waals surface area contributed by atoms with E-state index in [1.165, 1.54) is 125 Å². The van der Waals surface area contributed by atoms with Crippen LogP contribution in [0.1, 0.15) is 195 Å². The number of nitrogens with two attached hydrogens (primary N) is 2. The minimum Gasteiger partial charge on any atom is -0.366 e. The Morgan fingerprint density at radius 1 is 0.389 bits per heavy atom. The van der Waals surface area contributed by atoms with Crippen molar-refractivity contribution in [1.29, 1.82) is 0 Å². The molecule has 2 amide bonds. The molecule has 4 aliphatic rings. The largest absolute Gasteiger partial charge is 0.366 e. The summed E-state index contributed by atoms with van der Waals surface area (Å²) in [5.74, 6) is 0.811. The number of hydrogen-bond acceptors (Lipinski definition) is 2. The molecule has 0 spiro atoms. The van der Waals surface area contributed by atoms with Crippen LogP contribution in [0, 0.1) is 0 Å². The summed E-state index contributed by atoms with van der Waals surface area (Å²) < 4.78 is 0. The molecule has 0 bridgehead atoms. The summed E-state index contributed by atoms with van der Waals surface area (Å²) in [6.07, 6.45) is 24.2. The first-order chi connectivity index (χ1) is 17.6. The van der Waals surface area contributed by atoms with Crippen LogP contribution in [0.4, 0.5) is 0 Å². The van der Waals surface area contributed by atoms with Crippen LogP contribution >= 0.6 is 0 Å². The normalized spacial score (nSPS) is 23.6. The maximum absolute atomic E-state index is 13.4. The summed E-state index contributed by atoms with van der Waals surface area (Å²) in [4.78, 5) is 26.7. The molecule has 4 fully saturated rings. The molecule has 0 radical (unpaired) electrons. The number of carbonyl (C=O) groups is 2. The Bertz CT molecular complexity index is 867. The second-order valence-electron chi connectivity index (χ2n) is 12.5. The van der Waals surface area contributed by atoms with Crippen LogP contribution in [0.15, 0.2) is 0 Å². The monoisotopic (exact) mass is 492 g/mol. The molecule has 0 unspecified atom stereocenters. The van der Waals surface area contributed by atoms with Crippen molar-refractivity contribution in [1.82, 2.24) is 0 Å². The fraction of sp³-hybridized carbons (Fsp3) is 0.750. The number of amides is 2. The maximum atomic E-state index is 13.4. The topological polar surface area (TPSA) is 86.2 Å². The van der Waals surface area contributed by atoms with Gasteiger partial charge in [0.05, 0.1) is 11.1 Å². The summed E-state index contributed by atoms with van der Waals surface area (Å²) in [7, 11) is 0. The lowest BCUT2D eigenvalue weighted by molar-refractivity contribution is 0.0964. The SMILES string of the molecule is NC(=O)c1c(C(N)=O)c(C2CCCCC2)c(C2CCCCC2)c(C2CCCCC2)c1C1CCCCC1. The highest BCUT2D eigenvalue weighted by molar-refractivity contribution is 6.09. The average Bonchev–Trinajstić information content (AvgIpc) is 2.93. The van der Waals surface area contributed by atoms with E-state index < -0.39 is 11.8 Å². The van der Waals surface area contributed by atoms with Gasteiger partial charge in [-0.05, 0) is 97.3 Å². The summed E-state index contributed by atoms with van der Waals surface area (Å²) in [5, 5.41) is 0. The van der Waals surface area contributed by atoms with E-state index in [1.54, 1.807) is 0 Å². The van der Waals surface area contributed by atoms with E-state index in [1.807, 2.05) is 0 Å². The van der Waals surface area contributed by atoms with Gasteiger partial charge in [-0.25, -0.2) is 0 Å². The van der Waals surface area contributed by atoms with Gasteiger partial charge in [-0.15, -0.1) is 0 Å². The quantitative estimate of drug-likeness (QED) is 0.420. The Labute approximate surface area is 218 Å². The Morgan fingerprint density at radius 3 is 0.833 bits per heavy atom. The zero-order valence-electron chi connectivity index (χ0n) is 22.4. The zero-order valence-corrected chi connectivity index (χ0v) is 22.4. The van der Waals surface area contributed by atoms with Gasteiger partial charge in [0.15, 0.2) is 0 Å². The van der Waals surface area contributed by atoms with Gasteiger partial charge in [0.25, 0.3) is 0 Å². The molecule has 4 aliphatic carbocycles. The number of rotatable bonds is 6. The predicted molar refractivity (Wildman–Crippen MR) is 147 cm³/mol. The Balaban J connectivity index is 1.85. The van der Waals surface area contributed by atoms with Crippen molar-refractivity contribution in [2.45, 2.75) is 152 Å². The fourth-order valence-electron chi connectivity index (χ4n) is 8.63. The third-order valence-electron chi connectivity index (χ3n) is 10.2. The summed E-state index contributed by atoms with van der Waals surface area (Å²) in [6, 6.07) is 0. The lowest BCUT2D eigenvalue weighted by atomic mass is 9.64. The third kappa shape index (κ3) is 5.11. The van der Waals surface area contributed by atoms with Crippen molar-refractivity contribution in [3.05, 3.63) is 33.4 Å². The first kappa shape index (κ1) is 25.8. The summed E-state index contributed by atoms with van der Waals surface area (Å²) >= 11 is 0. The van der Waals surface area contributed by atoms with Gasteiger partial charge < -0.3 is 11.5 Å². The van der Waals surface area contributed by atoms with Gasteiger partial charge in [-0.1, -0.05) is 77.0 Å². The highest BCUT2D eigenvalue weighted by Crippen LogP contribution is 2.52. The Kier molecular flexibility index (Phi) is 8.38. The standard InChI is InChI=1S/C32H48N2O2/c33-31(35)29-27(23-17-9-3-10-18-23)25(21-13-5-1-6-14-21)26(22-15-7-2-8-16-22)28(30(29)32(34)36)24-19-11-4-12-20-24/h21-24H,1-20H2,(H2,33,35)(H2,34,36). The van der Waals surface area contributed by atoms with Gasteiger partial charge in [-0.3, -0.25) is 9.59 Å². The lowest BCUT2D eigenvalue weighted by Gasteiger charge is -2.40. The number of carbonyl (C=O) groups excluding carboxylic acids is 2. The maximum Gasteiger partial charge on any atom is 0.249 e. The van der Waals surface area contributed by atoms with Gasteiger partial charge in [0.2, 0.25) is 11.8 Å². The molecule has 1 aromatic carbocycles. The molecular formula is C32H48N2O2. The van der Waals surface area contributed by atoms with Gasteiger partial charge in [-0.2, -0.15) is 0 Å². The molecule has 1 aromatic rings. The highest BCUT2D eigenvalue weighted by atomic mass is 16.2. The van der Waals surface area contributed by atoms with Crippen LogP contribution in [-0.4, -0.2) is 11.8 Å². The van der Waals surface area contributed by atoms with E-state index >= 15 is 0 Å². The number of primary amides is 2. The first-order valence-electron chi connectivity index (χ1n) is 15.4. The Morgan fingerprint density at radius 2 is 0.611 bits per heavy atom. The number of hydrogen-bond donors (Lipinski definition) is 2. The molecule has 4 saturated carbocycles. The smallest absolute Gasteiger partial charge is 0.249 e. The lowest BCUT2D eigenvalue weighted by Crippen LogP contribution is -2.31. The molecule has 4 nitrogen and oxygen atoms in total. The van der Waals surface area contributed by atoms with Crippen LogP contribution in [0.25, 0.3) is 0 Å². The minimum atomic E-state index is -0.423. The molecule has 36 heavy (non-hydrogen) atoms. The number of benzene rings is 1. The van der Waals surface area contributed by atoms with E-state index in [4.69, 9.17) is 11.5 Å². The average molecular weight is 493 g/mol. The Hall–Kier alpha value is -1.84. The molecular weight excluding hydrogens is 444 g/mol. The highest BCUT2D eigenvalue weighted by Gasteiger charge is 2.39. The van der Waals surface area contributed by atoms with Crippen LogP contribution in [0.5, 0.6) is 0 Å². The fourth-order valence-corrected chi connectivity index (χ4v) is 8.63. The molecule has 198 valence electrons. The second-order valence-corrected chi connectivity index (χ2v) is 12.5. The molecule has 0 aromatic heterocycles. The van der Waals surface area contributed by atoms with Crippen LogP contribution in [0.3, 0.4) is 0 Å². The molecule has 0 heterocycles. The van der Waals surface area contributed by atoms with Crippen molar-refractivity contribution in [2.75, 3.05) is 0 Å². The van der Waals surface area contributed by atoms with Gasteiger partial charge in [0.1, 0.15) is 0 Å². The van der Waals surface area contributed by atoms with Crippen molar-refractivity contribution in [3.63, 3.8) is 0 Å². The van der Waals surface area contributed by atoms with Crippen LogP contribution < -0.4 is 11.5 Å². The van der Waals surface area contributed by atoms with Gasteiger partial charge >= 0.3 is 0 Å². The molecule has 0 saturated heterocycles. The molecule has 0 aliphatic heterocycles. The van der Waals surface area contributed by atoms with Crippen molar-refractivity contribution in [3.8, 4) is 0 Å². The molecule has 4 heteroatoms. The summed E-state index contributed by atoms with van der Waals surface area (Å²) in [5.41, 5.74) is 18.9. The third-order valence-corrected chi connectivity index (χ3v) is 10.2. The molecule has 4 N–H and O–H groups in total. The minimum absolute atomic E-state index is 0.332. The van der Waals surface area contributed by atoms with Crippen LogP contribution in [-0.2, 0) is 0 Å². The van der Waals surface area contributed by atoms with Crippen LogP contribution in [0.2, 0.25) is 0 Å². The van der Waals surface area contributed by atoms with E-state index in [2.05, 4.69) is 0 Å². The van der Waals surface area contributed by atoms with Gasteiger partial charge in [0, 0.05) is 0 Å². The zero-order chi connectivity index (χ0) is 25.1. The predicted octanol–water partition coefficient (Wildman–Crippen LogP) is 8.08. The molecule has 0 atom stereocenters. The van der Waals surface area contributed by atoms with E-state index in [0.29, 0.717) is 34.8 Å². The van der Waals surface area contributed by atoms with Crippen molar-refractivity contribution in [2.24, 2.45) is 11.5 Å². The molecule has 5 rings (SSSR count). The second kappa shape index (κ2) is 11.7. The first-order valence-corrected chi connectivity index (χ1v) is 15.4. The van der Waals surface area contributed by atoms with Crippen molar-refractivity contribution < 1.29 is 9.59 Å². The van der Waals surface area contributed by atoms with Crippen molar-refractivity contribution >= 4 is 11.8 Å². The summed E-state index contributed by atoms with van der Waals surface area (Å²) in [6.45, 7) is 0. The van der Waals surface area contributed by atoms with E-state index in [-0.39, 0.29) is 0 Å².